The van der Waals surface area contributed by atoms with E-state index >= 15 is 0 Å². The van der Waals surface area contributed by atoms with Crippen LogP contribution < -0.4 is 5.32 Å². The zero-order valence-corrected chi connectivity index (χ0v) is 14.7. The number of nitriles is 1. The minimum atomic E-state index is -4.60. The van der Waals surface area contributed by atoms with Crippen LogP contribution in [0.5, 0.6) is 0 Å². The van der Waals surface area contributed by atoms with E-state index in [1.165, 1.54) is 22.7 Å². The highest BCUT2D eigenvalue weighted by atomic mass is 19.4. The number of benzene rings is 1. The van der Waals surface area contributed by atoms with E-state index in [4.69, 9.17) is 0 Å². The molecule has 6 nitrogen and oxygen atoms in total. The van der Waals surface area contributed by atoms with Crippen LogP contribution in [0.4, 0.5) is 17.6 Å². The summed E-state index contributed by atoms with van der Waals surface area (Å²) in [5, 5.41) is 15.0. The van der Waals surface area contributed by atoms with Crippen molar-refractivity contribution >= 4 is 11.6 Å². The van der Waals surface area contributed by atoms with E-state index in [2.05, 4.69) is 10.1 Å². The summed E-state index contributed by atoms with van der Waals surface area (Å²) in [6, 6.07) is 5.26. The number of carbonyl (C=O) groups is 1. The quantitative estimate of drug-likeness (QED) is 0.694. The molecule has 0 aliphatic heterocycles. The minimum absolute atomic E-state index is 0.00461. The Labute approximate surface area is 156 Å². The third-order valence-electron chi connectivity index (χ3n) is 4.13. The molecule has 0 unspecified atom stereocenters. The Morgan fingerprint density at radius 3 is 2.71 bits per heavy atom. The molecule has 1 atom stereocenters. The Balaban J connectivity index is 2.11. The predicted octanol–water partition coefficient (Wildman–Crippen LogP) is 3.40. The molecule has 0 fully saturated rings. The van der Waals surface area contributed by atoms with Crippen LogP contribution >= 0.6 is 0 Å². The maximum Gasteiger partial charge on any atom is 0.408 e. The first-order chi connectivity index (χ1) is 13.1. The molecule has 0 spiro atoms. The van der Waals surface area contributed by atoms with Crippen molar-refractivity contribution in [3.05, 3.63) is 53.1 Å². The molecule has 0 aliphatic rings. The lowest BCUT2D eigenvalue weighted by Gasteiger charge is -2.16. The number of halogens is 4. The van der Waals surface area contributed by atoms with Gasteiger partial charge in [0.15, 0.2) is 5.65 Å². The second-order valence-electron chi connectivity index (χ2n) is 6.09. The average Bonchev–Trinajstić information content (AvgIpc) is 3.05. The number of hydrogen-bond acceptors (Lipinski definition) is 4. The van der Waals surface area contributed by atoms with E-state index in [9.17, 15) is 27.6 Å². The van der Waals surface area contributed by atoms with Crippen LogP contribution in [0, 0.1) is 24.1 Å². The molecule has 0 radical (unpaired) electrons. The molecule has 1 N–H and O–H groups in total. The summed E-state index contributed by atoms with van der Waals surface area (Å²) < 4.78 is 53.4. The van der Waals surface area contributed by atoms with Crippen molar-refractivity contribution in [3.63, 3.8) is 0 Å². The van der Waals surface area contributed by atoms with Crippen LogP contribution in [0.25, 0.3) is 16.9 Å². The third kappa shape index (κ3) is 3.38. The second kappa shape index (κ2) is 6.92. The van der Waals surface area contributed by atoms with Gasteiger partial charge >= 0.3 is 6.18 Å². The molecule has 28 heavy (non-hydrogen) atoms. The highest BCUT2D eigenvalue weighted by Gasteiger charge is 2.37. The second-order valence-corrected chi connectivity index (χ2v) is 6.09. The van der Waals surface area contributed by atoms with Crippen LogP contribution in [0.15, 0.2) is 30.5 Å². The average molecular weight is 391 g/mol. The summed E-state index contributed by atoms with van der Waals surface area (Å²) >= 11 is 0. The van der Waals surface area contributed by atoms with E-state index in [1.54, 1.807) is 13.0 Å². The van der Waals surface area contributed by atoms with Gasteiger partial charge in [-0.15, -0.1) is 0 Å². The Hall–Kier alpha value is -3.48. The molecule has 1 amide bonds. The summed E-state index contributed by atoms with van der Waals surface area (Å²) in [4.78, 5) is 16.5. The number of carbonyl (C=O) groups excluding carboxylic acids is 1. The molecule has 10 heteroatoms. The van der Waals surface area contributed by atoms with Crippen molar-refractivity contribution in [1.29, 1.82) is 5.26 Å². The monoisotopic (exact) mass is 391 g/mol. The summed E-state index contributed by atoms with van der Waals surface area (Å²) in [7, 11) is 0. The normalized spacial score (nSPS) is 12.6. The van der Waals surface area contributed by atoms with Gasteiger partial charge in [-0.25, -0.2) is 13.9 Å². The zero-order valence-electron chi connectivity index (χ0n) is 14.7. The molecule has 2 heterocycles. The van der Waals surface area contributed by atoms with Crippen molar-refractivity contribution in [1.82, 2.24) is 19.9 Å². The molecule has 3 rings (SSSR count). The Morgan fingerprint density at radius 1 is 1.36 bits per heavy atom. The number of hydrogen-bond donors (Lipinski definition) is 1. The molecule has 144 valence electrons. The van der Waals surface area contributed by atoms with Gasteiger partial charge in [0.05, 0.1) is 17.5 Å². The number of nitrogens with zero attached hydrogens (tertiary/aromatic N) is 4. The fourth-order valence-corrected chi connectivity index (χ4v) is 2.62. The SMILES string of the molecule is Cc1cc(-c2cccc(F)c2C#N)nc2c(C(=O)N[C@@H](C)C(F)(F)F)cnn12. The molecule has 0 saturated carbocycles. The standard InChI is InChI=1S/C18H13F4N5O/c1-9-6-15(11-4-3-5-14(19)12(11)7-23)26-16-13(8-24-27(9)16)17(28)25-10(2)18(20,21)22/h3-6,8,10H,1-2H3,(H,25,28)/t10-/m0/s1. The van der Waals surface area contributed by atoms with Gasteiger partial charge in [0.1, 0.15) is 23.5 Å². The number of nitrogens with one attached hydrogen (secondary N) is 1. The first-order valence-electron chi connectivity index (χ1n) is 8.05. The Morgan fingerprint density at radius 2 is 2.07 bits per heavy atom. The van der Waals surface area contributed by atoms with Gasteiger partial charge in [0, 0.05) is 11.3 Å². The van der Waals surface area contributed by atoms with Crippen molar-refractivity contribution in [3.8, 4) is 17.3 Å². The zero-order chi connectivity index (χ0) is 20.6. The number of rotatable bonds is 3. The lowest BCUT2D eigenvalue weighted by molar-refractivity contribution is -0.149. The Kier molecular flexibility index (Phi) is 4.77. The fourth-order valence-electron chi connectivity index (χ4n) is 2.62. The summed E-state index contributed by atoms with van der Waals surface area (Å²) in [5.41, 5.74) is 0.487. The van der Waals surface area contributed by atoms with E-state index in [0.717, 1.165) is 19.2 Å². The molecule has 3 aromatic rings. The van der Waals surface area contributed by atoms with Crippen molar-refractivity contribution in [2.75, 3.05) is 0 Å². The van der Waals surface area contributed by atoms with E-state index in [0.29, 0.717) is 5.69 Å². The number of aryl methyl sites for hydroxylation is 1. The lowest BCUT2D eigenvalue weighted by Crippen LogP contribution is -2.43. The Bertz CT molecular complexity index is 1110. The van der Waals surface area contributed by atoms with Crippen LogP contribution in [-0.4, -0.2) is 32.7 Å². The predicted molar refractivity (Wildman–Crippen MR) is 90.8 cm³/mol. The number of amides is 1. The van der Waals surface area contributed by atoms with Crippen LogP contribution in [0.1, 0.15) is 28.5 Å². The molecular weight excluding hydrogens is 378 g/mol. The van der Waals surface area contributed by atoms with Gasteiger partial charge in [-0.1, -0.05) is 12.1 Å². The molecule has 2 aromatic heterocycles. The topological polar surface area (TPSA) is 83.1 Å². The van der Waals surface area contributed by atoms with Gasteiger partial charge in [-0.05, 0) is 26.0 Å². The lowest BCUT2D eigenvalue weighted by atomic mass is 10.0. The number of alkyl halides is 3. The maximum atomic E-state index is 13.9. The van der Waals surface area contributed by atoms with Gasteiger partial charge < -0.3 is 5.32 Å². The van der Waals surface area contributed by atoms with Crippen molar-refractivity contribution < 1.29 is 22.4 Å². The number of aromatic nitrogens is 3. The smallest absolute Gasteiger partial charge is 0.340 e. The summed E-state index contributed by atoms with van der Waals surface area (Å²) in [6.07, 6.45) is -3.50. The highest BCUT2D eigenvalue weighted by Crippen LogP contribution is 2.26. The van der Waals surface area contributed by atoms with Gasteiger partial charge in [-0.3, -0.25) is 4.79 Å². The van der Waals surface area contributed by atoms with E-state index in [-0.39, 0.29) is 28.0 Å². The largest absolute Gasteiger partial charge is 0.408 e. The summed E-state index contributed by atoms with van der Waals surface area (Å²) in [6.45, 7) is 2.45. The van der Waals surface area contributed by atoms with E-state index < -0.39 is 23.9 Å². The van der Waals surface area contributed by atoms with Crippen LogP contribution in [-0.2, 0) is 0 Å². The van der Waals surface area contributed by atoms with E-state index in [1.807, 2.05) is 5.32 Å². The first-order valence-corrected chi connectivity index (χ1v) is 8.05. The summed E-state index contributed by atoms with van der Waals surface area (Å²) in [5.74, 6) is -1.73. The molecule has 0 bridgehead atoms. The highest BCUT2D eigenvalue weighted by molar-refractivity contribution is 6.00. The van der Waals surface area contributed by atoms with Gasteiger partial charge in [-0.2, -0.15) is 23.5 Å². The molecular formula is C18H13F4N5O. The van der Waals surface area contributed by atoms with Gasteiger partial charge in [0.2, 0.25) is 0 Å². The van der Waals surface area contributed by atoms with Gasteiger partial charge in [0.25, 0.3) is 5.91 Å². The number of fused-ring (bicyclic) bond motifs is 1. The fraction of sp³-hybridized carbons (Fsp3) is 0.222. The third-order valence-corrected chi connectivity index (χ3v) is 4.13. The molecule has 0 aliphatic carbocycles. The van der Waals surface area contributed by atoms with Crippen molar-refractivity contribution in [2.45, 2.75) is 26.1 Å². The van der Waals surface area contributed by atoms with Crippen LogP contribution in [0.2, 0.25) is 0 Å². The van der Waals surface area contributed by atoms with Crippen LogP contribution in [0.3, 0.4) is 0 Å². The molecule has 1 aromatic carbocycles. The van der Waals surface area contributed by atoms with Crippen molar-refractivity contribution in [2.24, 2.45) is 0 Å². The first kappa shape index (κ1) is 19.3. The minimum Gasteiger partial charge on any atom is -0.340 e. The molecule has 0 saturated heterocycles. The maximum absolute atomic E-state index is 13.9.